The standard InChI is InChI=1S/C32H30O2S/c1-21(2)18-31-25(13-9-16-28(31)27-15-8-12-24-11-5-6-14-26(24)27)20-35(33,34)32-23(4)19-30-22(3)10-7-17-29(30)32/h5-19,32H,20H2,1-4H3. The van der Waals surface area contributed by atoms with Crippen LogP contribution in [0.5, 0.6) is 0 Å². The molecule has 0 heterocycles. The molecule has 3 heteroatoms. The number of benzene rings is 4. The molecule has 4 aromatic rings. The summed E-state index contributed by atoms with van der Waals surface area (Å²) < 4.78 is 27.8. The Morgan fingerprint density at radius 1 is 0.829 bits per heavy atom. The van der Waals surface area contributed by atoms with Crippen molar-refractivity contribution < 1.29 is 8.42 Å². The second-order valence-corrected chi connectivity index (χ2v) is 11.9. The van der Waals surface area contributed by atoms with Gasteiger partial charge in [0.15, 0.2) is 9.84 Å². The largest absolute Gasteiger partial charge is 0.228 e. The van der Waals surface area contributed by atoms with Gasteiger partial charge in [0.1, 0.15) is 5.25 Å². The first-order valence-corrected chi connectivity index (χ1v) is 13.7. The first-order valence-electron chi connectivity index (χ1n) is 12.0. The van der Waals surface area contributed by atoms with E-state index < -0.39 is 15.1 Å². The molecule has 1 atom stereocenters. The highest BCUT2D eigenvalue weighted by atomic mass is 32.2. The van der Waals surface area contributed by atoms with Crippen LogP contribution in [0.4, 0.5) is 0 Å². The fraction of sp³-hybridized carbons (Fsp3) is 0.188. The molecule has 4 aromatic carbocycles. The summed E-state index contributed by atoms with van der Waals surface area (Å²) in [5.41, 5.74) is 9.09. The molecular formula is C32H30O2S. The van der Waals surface area contributed by atoms with Crippen molar-refractivity contribution >= 4 is 32.8 Å². The molecule has 2 nitrogen and oxygen atoms in total. The van der Waals surface area contributed by atoms with Gasteiger partial charge in [-0.3, -0.25) is 0 Å². The summed E-state index contributed by atoms with van der Waals surface area (Å²) in [6.07, 6.45) is 4.16. The minimum atomic E-state index is -3.49. The zero-order chi connectivity index (χ0) is 24.7. The van der Waals surface area contributed by atoms with Crippen molar-refractivity contribution in [1.29, 1.82) is 0 Å². The van der Waals surface area contributed by atoms with Gasteiger partial charge in [0.05, 0.1) is 5.75 Å². The molecule has 1 aliphatic carbocycles. The lowest BCUT2D eigenvalue weighted by Crippen LogP contribution is -2.16. The Morgan fingerprint density at radius 3 is 2.31 bits per heavy atom. The van der Waals surface area contributed by atoms with Crippen LogP contribution in [0.2, 0.25) is 0 Å². The Bertz CT molecular complexity index is 1610. The Labute approximate surface area is 208 Å². The number of rotatable bonds is 5. The van der Waals surface area contributed by atoms with E-state index in [2.05, 4.69) is 62.4 Å². The molecule has 176 valence electrons. The molecule has 0 saturated carbocycles. The van der Waals surface area contributed by atoms with Crippen molar-refractivity contribution in [3.05, 3.63) is 118 Å². The minimum Gasteiger partial charge on any atom is -0.228 e. The van der Waals surface area contributed by atoms with Gasteiger partial charge in [-0.05, 0) is 77.4 Å². The number of hydrogen-bond donors (Lipinski definition) is 0. The van der Waals surface area contributed by atoms with Gasteiger partial charge in [-0.15, -0.1) is 0 Å². The average Bonchev–Trinajstić information content (AvgIpc) is 3.17. The number of fused-ring (bicyclic) bond motifs is 2. The molecule has 5 rings (SSSR count). The summed E-state index contributed by atoms with van der Waals surface area (Å²) in [6.45, 7) is 8.09. The van der Waals surface area contributed by atoms with Crippen molar-refractivity contribution in [2.45, 2.75) is 38.7 Å². The summed E-state index contributed by atoms with van der Waals surface area (Å²) in [5, 5.41) is 1.74. The van der Waals surface area contributed by atoms with Gasteiger partial charge in [-0.1, -0.05) is 102 Å². The number of aryl methyl sites for hydroxylation is 1. The summed E-state index contributed by atoms with van der Waals surface area (Å²) in [7, 11) is -3.49. The predicted octanol–water partition coefficient (Wildman–Crippen LogP) is 8.31. The normalized spacial score (nSPS) is 15.1. The molecule has 0 aliphatic heterocycles. The van der Waals surface area contributed by atoms with Crippen LogP contribution in [-0.2, 0) is 15.6 Å². The van der Waals surface area contributed by atoms with Crippen LogP contribution in [0.15, 0.2) is 90.0 Å². The maximum atomic E-state index is 13.9. The van der Waals surface area contributed by atoms with Gasteiger partial charge >= 0.3 is 0 Å². The quantitative estimate of drug-likeness (QED) is 0.289. The monoisotopic (exact) mass is 478 g/mol. The maximum absolute atomic E-state index is 13.9. The van der Waals surface area contributed by atoms with E-state index in [0.29, 0.717) is 0 Å². The molecule has 0 aromatic heterocycles. The van der Waals surface area contributed by atoms with E-state index >= 15 is 0 Å². The molecule has 0 fully saturated rings. The van der Waals surface area contributed by atoms with E-state index in [0.717, 1.165) is 55.5 Å². The van der Waals surface area contributed by atoms with Crippen molar-refractivity contribution in [1.82, 2.24) is 0 Å². The lowest BCUT2D eigenvalue weighted by molar-refractivity contribution is 0.588. The summed E-state index contributed by atoms with van der Waals surface area (Å²) in [5.74, 6) is -0.00600. The summed E-state index contributed by atoms with van der Waals surface area (Å²) in [4.78, 5) is 0. The van der Waals surface area contributed by atoms with Crippen LogP contribution >= 0.6 is 0 Å². The third-order valence-corrected chi connectivity index (χ3v) is 8.91. The fourth-order valence-electron chi connectivity index (χ4n) is 5.35. The van der Waals surface area contributed by atoms with Crippen LogP contribution in [0.3, 0.4) is 0 Å². The van der Waals surface area contributed by atoms with Crippen LogP contribution in [-0.4, -0.2) is 8.42 Å². The highest BCUT2D eigenvalue weighted by molar-refractivity contribution is 7.91. The molecule has 0 radical (unpaired) electrons. The zero-order valence-corrected chi connectivity index (χ0v) is 21.5. The van der Waals surface area contributed by atoms with Crippen LogP contribution in [0.1, 0.15) is 53.8 Å². The van der Waals surface area contributed by atoms with E-state index in [-0.39, 0.29) is 5.75 Å². The van der Waals surface area contributed by atoms with Crippen molar-refractivity contribution in [2.24, 2.45) is 0 Å². The minimum absolute atomic E-state index is 0.00600. The van der Waals surface area contributed by atoms with E-state index in [4.69, 9.17) is 0 Å². The smallest absolute Gasteiger partial charge is 0.165 e. The summed E-state index contributed by atoms with van der Waals surface area (Å²) in [6, 6.07) is 26.7. The third kappa shape index (κ3) is 4.26. The number of hydrogen-bond acceptors (Lipinski definition) is 2. The molecular weight excluding hydrogens is 448 g/mol. The predicted molar refractivity (Wildman–Crippen MR) is 149 cm³/mol. The Kier molecular flexibility index (Phi) is 5.98. The van der Waals surface area contributed by atoms with Crippen LogP contribution in [0.25, 0.3) is 34.1 Å². The highest BCUT2D eigenvalue weighted by Crippen LogP contribution is 2.43. The fourth-order valence-corrected chi connectivity index (χ4v) is 7.43. The van der Waals surface area contributed by atoms with Crippen molar-refractivity contribution in [3.8, 4) is 11.1 Å². The van der Waals surface area contributed by atoms with Gasteiger partial charge in [-0.2, -0.15) is 0 Å². The molecule has 0 amide bonds. The second-order valence-electron chi connectivity index (χ2n) is 9.78. The first kappa shape index (κ1) is 23.3. The molecule has 35 heavy (non-hydrogen) atoms. The van der Waals surface area contributed by atoms with Gasteiger partial charge in [0.25, 0.3) is 0 Å². The molecule has 1 aliphatic rings. The van der Waals surface area contributed by atoms with E-state index in [1.165, 1.54) is 5.39 Å². The average molecular weight is 479 g/mol. The van der Waals surface area contributed by atoms with Crippen molar-refractivity contribution in [2.75, 3.05) is 0 Å². The van der Waals surface area contributed by atoms with Crippen LogP contribution < -0.4 is 0 Å². The van der Waals surface area contributed by atoms with Gasteiger partial charge < -0.3 is 0 Å². The van der Waals surface area contributed by atoms with E-state index in [1.54, 1.807) is 0 Å². The Hall–Kier alpha value is -3.43. The Morgan fingerprint density at radius 2 is 1.51 bits per heavy atom. The number of sulfone groups is 1. The first-order chi connectivity index (χ1) is 16.8. The summed E-state index contributed by atoms with van der Waals surface area (Å²) >= 11 is 0. The van der Waals surface area contributed by atoms with Gasteiger partial charge in [0, 0.05) is 0 Å². The topological polar surface area (TPSA) is 34.1 Å². The molecule has 1 unspecified atom stereocenters. The second kappa shape index (κ2) is 8.98. The third-order valence-electron chi connectivity index (χ3n) is 6.85. The SMILES string of the molecule is CC(C)=Cc1c(CS(=O)(=O)C2C(C)=Cc3c(C)cccc32)cccc1-c1cccc2ccccc12. The molecule has 0 spiro atoms. The maximum Gasteiger partial charge on any atom is 0.165 e. The van der Waals surface area contributed by atoms with Gasteiger partial charge in [-0.25, -0.2) is 8.42 Å². The number of allylic oxidation sites excluding steroid dienone is 1. The molecule has 0 bridgehead atoms. The zero-order valence-electron chi connectivity index (χ0n) is 20.7. The van der Waals surface area contributed by atoms with Crippen molar-refractivity contribution in [3.63, 3.8) is 0 Å². The Balaban J connectivity index is 1.65. The lowest BCUT2D eigenvalue weighted by atomic mass is 9.91. The molecule has 0 N–H and O–H groups in total. The van der Waals surface area contributed by atoms with Crippen LogP contribution in [0, 0.1) is 6.92 Å². The lowest BCUT2D eigenvalue weighted by Gasteiger charge is -2.19. The van der Waals surface area contributed by atoms with E-state index in [1.807, 2.05) is 56.3 Å². The van der Waals surface area contributed by atoms with Gasteiger partial charge in [0.2, 0.25) is 0 Å². The molecule has 0 saturated heterocycles. The highest BCUT2D eigenvalue weighted by Gasteiger charge is 2.35. The van der Waals surface area contributed by atoms with E-state index in [9.17, 15) is 8.42 Å².